The maximum atomic E-state index is 13.2. The number of benzene rings is 1. The van der Waals surface area contributed by atoms with Gasteiger partial charge in [0.25, 0.3) is 5.56 Å². The largest absolute Gasteiger partial charge is 0.364 e. The van der Waals surface area contributed by atoms with Gasteiger partial charge < -0.3 is 4.90 Å². The molecule has 1 aromatic heterocycles. The third-order valence-corrected chi connectivity index (χ3v) is 4.33. The van der Waals surface area contributed by atoms with Crippen molar-refractivity contribution in [2.24, 2.45) is 7.05 Å². The molecular formula is C14H13BrFN3O. The topological polar surface area (TPSA) is 38.1 Å². The van der Waals surface area contributed by atoms with E-state index < -0.39 is 0 Å². The van der Waals surface area contributed by atoms with Crippen molar-refractivity contribution in [3.63, 3.8) is 0 Å². The highest BCUT2D eigenvalue weighted by Gasteiger charge is 2.20. The Morgan fingerprint density at radius 3 is 2.95 bits per heavy atom. The summed E-state index contributed by atoms with van der Waals surface area (Å²) in [5, 5.41) is 4.06. The van der Waals surface area contributed by atoms with Gasteiger partial charge in [-0.1, -0.05) is 6.07 Å². The summed E-state index contributed by atoms with van der Waals surface area (Å²) in [7, 11) is 1.62. The lowest BCUT2D eigenvalue weighted by Gasteiger charge is -2.31. The van der Waals surface area contributed by atoms with E-state index in [1.807, 2.05) is 0 Å². The highest BCUT2D eigenvalue weighted by molar-refractivity contribution is 9.10. The van der Waals surface area contributed by atoms with Crippen molar-refractivity contribution in [3.8, 4) is 0 Å². The number of aryl methyl sites for hydroxylation is 1. The summed E-state index contributed by atoms with van der Waals surface area (Å²) in [5.74, 6) is -0.200. The average Bonchev–Trinajstić information content (AvgIpc) is 2.44. The molecule has 0 atom stereocenters. The monoisotopic (exact) mass is 337 g/mol. The van der Waals surface area contributed by atoms with Crippen LogP contribution in [0.1, 0.15) is 11.1 Å². The van der Waals surface area contributed by atoms with Gasteiger partial charge in [0, 0.05) is 20.1 Å². The Labute approximate surface area is 124 Å². The average molecular weight is 338 g/mol. The minimum atomic E-state index is -0.200. The molecule has 0 bridgehead atoms. The van der Waals surface area contributed by atoms with Crippen LogP contribution in [0.3, 0.4) is 0 Å². The van der Waals surface area contributed by atoms with Crippen LogP contribution >= 0.6 is 15.9 Å². The minimum Gasteiger partial charge on any atom is -0.364 e. The van der Waals surface area contributed by atoms with Crippen molar-refractivity contribution in [1.82, 2.24) is 9.78 Å². The lowest BCUT2D eigenvalue weighted by molar-refractivity contribution is 0.618. The number of hydrogen-bond acceptors (Lipinski definition) is 3. The van der Waals surface area contributed by atoms with Gasteiger partial charge in [-0.05, 0) is 45.6 Å². The first kappa shape index (κ1) is 13.3. The first-order valence-corrected chi connectivity index (χ1v) is 7.09. The van der Waals surface area contributed by atoms with Crippen molar-refractivity contribution < 1.29 is 4.39 Å². The summed E-state index contributed by atoms with van der Waals surface area (Å²) in [6.45, 7) is 1.40. The fraction of sp³-hybridized carbons (Fsp3) is 0.286. The minimum absolute atomic E-state index is 0.160. The van der Waals surface area contributed by atoms with Crippen molar-refractivity contribution >= 4 is 21.6 Å². The number of halogens is 2. The van der Waals surface area contributed by atoms with Crippen LogP contribution in [0.4, 0.5) is 10.1 Å². The molecule has 20 heavy (non-hydrogen) atoms. The third-order valence-electron chi connectivity index (χ3n) is 3.58. The molecule has 0 spiro atoms. The van der Waals surface area contributed by atoms with Crippen LogP contribution in [0.15, 0.2) is 33.7 Å². The quantitative estimate of drug-likeness (QED) is 0.801. The zero-order chi connectivity index (χ0) is 14.3. The lowest BCUT2D eigenvalue weighted by atomic mass is 9.99. The first-order valence-electron chi connectivity index (χ1n) is 6.30. The number of aromatic nitrogens is 2. The molecule has 2 heterocycles. The predicted molar refractivity (Wildman–Crippen MR) is 78.3 cm³/mol. The summed E-state index contributed by atoms with van der Waals surface area (Å²) in [4.78, 5) is 14.0. The van der Waals surface area contributed by atoms with Crippen LogP contribution in [0.2, 0.25) is 0 Å². The van der Waals surface area contributed by atoms with E-state index in [0.717, 1.165) is 29.8 Å². The molecule has 3 rings (SSSR count). The number of rotatable bonds is 1. The Hall–Kier alpha value is -1.69. The van der Waals surface area contributed by atoms with E-state index in [1.165, 1.54) is 10.7 Å². The SMILES string of the molecule is Cn1ncc(N2CCc3cc(F)ccc3C2)c(Br)c1=O. The number of nitrogens with zero attached hydrogens (tertiary/aromatic N) is 3. The van der Waals surface area contributed by atoms with Gasteiger partial charge in [-0.25, -0.2) is 9.07 Å². The molecule has 1 aliphatic heterocycles. The van der Waals surface area contributed by atoms with E-state index in [2.05, 4.69) is 25.9 Å². The van der Waals surface area contributed by atoms with Crippen molar-refractivity contribution in [1.29, 1.82) is 0 Å². The van der Waals surface area contributed by atoms with Gasteiger partial charge >= 0.3 is 0 Å². The molecule has 0 fully saturated rings. The predicted octanol–water partition coefficient (Wildman–Crippen LogP) is 2.24. The van der Waals surface area contributed by atoms with E-state index in [-0.39, 0.29) is 11.4 Å². The van der Waals surface area contributed by atoms with Crippen LogP contribution in [0.25, 0.3) is 0 Å². The van der Waals surface area contributed by atoms with E-state index in [0.29, 0.717) is 11.0 Å². The highest BCUT2D eigenvalue weighted by atomic mass is 79.9. The van der Waals surface area contributed by atoms with Crippen molar-refractivity contribution in [2.75, 3.05) is 11.4 Å². The Kier molecular flexibility index (Phi) is 3.33. The molecule has 0 aliphatic carbocycles. The second-order valence-corrected chi connectivity index (χ2v) is 5.65. The summed E-state index contributed by atoms with van der Waals surface area (Å²) < 4.78 is 15.0. The van der Waals surface area contributed by atoms with E-state index >= 15 is 0 Å². The van der Waals surface area contributed by atoms with Gasteiger partial charge in [0.1, 0.15) is 10.3 Å². The van der Waals surface area contributed by atoms with E-state index in [4.69, 9.17) is 0 Å². The van der Waals surface area contributed by atoms with Gasteiger partial charge in [-0.3, -0.25) is 4.79 Å². The molecule has 0 unspecified atom stereocenters. The molecule has 2 aromatic rings. The summed E-state index contributed by atoms with van der Waals surface area (Å²) in [6, 6.07) is 4.86. The second-order valence-electron chi connectivity index (χ2n) is 4.86. The lowest BCUT2D eigenvalue weighted by Crippen LogP contribution is -2.33. The number of hydrogen-bond donors (Lipinski definition) is 0. The van der Waals surface area contributed by atoms with Gasteiger partial charge in [-0.15, -0.1) is 0 Å². The normalized spacial score (nSPS) is 14.2. The van der Waals surface area contributed by atoms with Crippen LogP contribution in [0.5, 0.6) is 0 Å². The molecule has 0 radical (unpaired) electrons. The first-order chi connectivity index (χ1) is 9.56. The smallest absolute Gasteiger partial charge is 0.282 e. The molecule has 1 aromatic carbocycles. The Morgan fingerprint density at radius 1 is 1.35 bits per heavy atom. The summed E-state index contributed by atoms with van der Waals surface area (Å²) >= 11 is 3.34. The fourth-order valence-corrected chi connectivity index (χ4v) is 3.06. The molecule has 0 saturated carbocycles. The van der Waals surface area contributed by atoms with Crippen LogP contribution in [-0.4, -0.2) is 16.3 Å². The van der Waals surface area contributed by atoms with Gasteiger partial charge in [-0.2, -0.15) is 5.10 Å². The summed E-state index contributed by atoms with van der Waals surface area (Å²) in [6.07, 6.45) is 2.44. The van der Waals surface area contributed by atoms with Crippen molar-refractivity contribution in [2.45, 2.75) is 13.0 Å². The zero-order valence-electron chi connectivity index (χ0n) is 10.9. The van der Waals surface area contributed by atoms with Crippen LogP contribution in [-0.2, 0) is 20.0 Å². The van der Waals surface area contributed by atoms with Crippen LogP contribution in [0, 0.1) is 5.82 Å². The maximum absolute atomic E-state index is 13.2. The molecule has 0 saturated heterocycles. The van der Waals surface area contributed by atoms with Gasteiger partial charge in [0.15, 0.2) is 0 Å². The number of fused-ring (bicyclic) bond motifs is 1. The second kappa shape index (κ2) is 5.01. The highest BCUT2D eigenvalue weighted by Crippen LogP contribution is 2.28. The molecule has 4 nitrogen and oxygen atoms in total. The fourth-order valence-electron chi connectivity index (χ4n) is 2.45. The van der Waals surface area contributed by atoms with Gasteiger partial charge in [0.05, 0.1) is 11.9 Å². The Morgan fingerprint density at radius 2 is 2.15 bits per heavy atom. The molecule has 6 heteroatoms. The Balaban J connectivity index is 1.97. The Bertz CT molecular complexity index is 729. The standard InChI is InChI=1S/C14H13BrFN3O/c1-18-14(20)13(15)12(7-17-18)19-5-4-9-6-11(16)3-2-10(9)8-19/h2-3,6-7H,4-5,8H2,1H3. The van der Waals surface area contributed by atoms with E-state index in [9.17, 15) is 9.18 Å². The van der Waals surface area contributed by atoms with E-state index in [1.54, 1.807) is 25.4 Å². The molecule has 104 valence electrons. The third kappa shape index (κ3) is 2.24. The molecule has 0 amide bonds. The zero-order valence-corrected chi connectivity index (χ0v) is 12.5. The van der Waals surface area contributed by atoms with Crippen LogP contribution < -0.4 is 10.5 Å². The van der Waals surface area contributed by atoms with Gasteiger partial charge in [0.2, 0.25) is 0 Å². The molecule has 0 N–H and O–H groups in total. The molecular weight excluding hydrogens is 325 g/mol. The van der Waals surface area contributed by atoms with Crippen molar-refractivity contribution in [3.05, 3.63) is 56.2 Å². The maximum Gasteiger partial charge on any atom is 0.282 e. The number of anilines is 1. The summed E-state index contributed by atoms with van der Waals surface area (Å²) in [5.41, 5.74) is 2.75. The molecule has 1 aliphatic rings.